The summed E-state index contributed by atoms with van der Waals surface area (Å²) in [6.07, 6.45) is 4.15. The molecule has 5 nitrogen and oxygen atoms in total. The van der Waals surface area contributed by atoms with Gasteiger partial charge in [-0.25, -0.2) is 0 Å². The number of nitrogens with two attached hydrogens (primary N) is 1. The van der Waals surface area contributed by atoms with Crippen LogP contribution in [0.3, 0.4) is 0 Å². The van der Waals surface area contributed by atoms with Crippen LogP contribution in [-0.2, 0) is 11.2 Å². The molecule has 1 aromatic heterocycles. The van der Waals surface area contributed by atoms with Crippen LogP contribution in [0.4, 0.5) is 0 Å². The van der Waals surface area contributed by atoms with E-state index in [-0.39, 0.29) is 12.5 Å². The summed E-state index contributed by atoms with van der Waals surface area (Å²) in [7, 11) is 1.80. The Morgan fingerprint density at radius 3 is 2.73 bits per heavy atom. The number of aromatic amines is 1. The molecule has 0 fully saturated rings. The van der Waals surface area contributed by atoms with Crippen molar-refractivity contribution < 1.29 is 4.79 Å². The van der Waals surface area contributed by atoms with Gasteiger partial charge in [0.1, 0.15) is 0 Å². The highest BCUT2D eigenvalue weighted by Gasteiger charge is 2.06. The van der Waals surface area contributed by atoms with Crippen LogP contribution in [-0.4, -0.2) is 41.1 Å². The lowest BCUT2D eigenvalue weighted by molar-refractivity contribution is -0.128. The molecule has 0 aliphatic rings. The van der Waals surface area contributed by atoms with Gasteiger partial charge in [-0.2, -0.15) is 5.10 Å². The Hall–Kier alpha value is -2.14. The highest BCUT2D eigenvalue weighted by Crippen LogP contribution is 2.17. The molecular formula is C17H24N4O. The Balaban J connectivity index is 1.70. The molecule has 0 saturated carbocycles. The number of carbonyl (C=O) groups excluding carboxylic acids is 1. The second-order valence-electron chi connectivity index (χ2n) is 5.47. The van der Waals surface area contributed by atoms with E-state index >= 15 is 0 Å². The molecule has 22 heavy (non-hydrogen) atoms. The first-order chi connectivity index (χ1) is 10.7. The molecule has 0 aliphatic carbocycles. The van der Waals surface area contributed by atoms with Crippen LogP contribution >= 0.6 is 0 Å². The van der Waals surface area contributed by atoms with Crippen LogP contribution in [0.1, 0.15) is 25.0 Å². The largest absolute Gasteiger partial charge is 0.345 e. The number of aryl methyl sites for hydroxylation is 1. The van der Waals surface area contributed by atoms with Crippen molar-refractivity contribution in [3.8, 4) is 11.3 Å². The molecule has 0 saturated heterocycles. The summed E-state index contributed by atoms with van der Waals surface area (Å²) in [5.41, 5.74) is 8.61. The Labute approximate surface area is 131 Å². The maximum absolute atomic E-state index is 11.3. The molecule has 1 heterocycles. The van der Waals surface area contributed by atoms with Crippen molar-refractivity contribution in [2.24, 2.45) is 5.73 Å². The molecule has 1 amide bonds. The van der Waals surface area contributed by atoms with Gasteiger partial charge in [0.2, 0.25) is 5.91 Å². The number of benzene rings is 1. The zero-order chi connectivity index (χ0) is 15.8. The van der Waals surface area contributed by atoms with E-state index < -0.39 is 0 Å². The minimum absolute atomic E-state index is 0.000992. The van der Waals surface area contributed by atoms with Gasteiger partial charge in [-0.1, -0.05) is 36.8 Å². The summed E-state index contributed by atoms with van der Waals surface area (Å²) in [4.78, 5) is 13.0. The van der Waals surface area contributed by atoms with Crippen molar-refractivity contribution in [2.75, 3.05) is 20.1 Å². The van der Waals surface area contributed by atoms with Crippen LogP contribution in [0.25, 0.3) is 11.3 Å². The van der Waals surface area contributed by atoms with Crippen molar-refractivity contribution in [3.05, 3.63) is 42.1 Å². The lowest BCUT2D eigenvalue weighted by Crippen LogP contribution is -2.33. The summed E-state index contributed by atoms with van der Waals surface area (Å²) in [6, 6.07) is 12.3. The Bertz CT molecular complexity index is 579. The van der Waals surface area contributed by atoms with Crippen molar-refractivity contribution in [2.45, 2.75) is 25.7 Å². The van der Waals surface area contributed by atoms with Gasteiger partial charge in [0, 0.05) is 24.8 Å². The predicted molar refractivity (Wildman–Crippen MR) is 88.3 cm³/mol. The van der Waals surface area contributed by atoms with Crippen LogP contribution in [0.2, 0.25) is 0 Å². The van der Waals surface area contributed by atoms with Gasteiger partial charge in [0.05, 0.1) is 12.2 Å². The Morgan fingerprint density at radius 1 is 1.23 bits per heavy atom. The highest BCUT2D eigenvalue weighted by molar-refractivity contribution is 5.77. The van der Waals surface area contributed by atoms with Crippen LogP contribution in [0.15, 0.2) is 36.4 Å². The van der Waals surface area contributed by atoms with Crippen molar-refractivity contribution in [3.63, 3.8) is 0 Å². The van der Waals surface area contributed by atoms with E-state index in [1.807, 2.05) is 18.2 Å². The maximum Gasteiger partial charge on any atom is 0.236 e. The quantitative estimate of drug-likeness (QED) is 0.734. The number of aromatic nitrogens is 2. The Morgan fingerprint density at radius 2 is 2.00 bits per heavy atom. The molecule has 0 bridgehead atoms. The normalized spacial score (nSPS) is 10.6. The molecule has 1 aromatic carbocycles. The molecule has 5 heteroatoms. The maximum atomic E-state index is 11.3. The zero-order valence-electron chi connectivity index (χ0n) is 13.1. The van der Waals surface area contributed by atoms with Crippen molar-refractivity contribution in [1.29, 1.82) is 0 Å². The number of H-pyrrole nitrogens is 1. The first kappa shape index (κ1) is 16.2. The summed E-state index contributed by atoms with van der Waals surface area (Å²) >= 11 is 0. The fraction of sp³-hybridized carbons (Fsp3) is 0.412. The van der Waals surface area contributed by atoms with E-state index in [0.717, 1.165) is 49.2 Å². The van der Waals surface area contributed by atoms with Gasteiger partial charge in [0.15, 0.2) is 0 Å². The fourth-order valence-electron chi connectivity index (χ4n) is 2.37. The molecule has 2 aromatic rings. The first-order valence-corrected chi connectivity index (χ1v) is 7.74. The molecular weight excluding hydrogens is 276 g/mol. The number of likely N-dealkylation sites (N-methyl/N-ethyl adjacent to an activating group) is 1. The number of unbranched alkanes of at least 4 members (excludes halogenated alkanes) is 2. The number of rotatable bonds is 8. The average molecular weight is 300 g/mol. The Kier molecular flexibility index (Phi) is 6.15. The SMILES string of the molecule is CN(CCCCCc1cc(-c2ccccc2)n[nH]1)C(=O)CN. The van der Waals surface area contributed by atoms with Crippen molar-refractivity contribution in [1.82, 2.24) is 15.1 Å². The smallest absolute Gasteiger partial charge is 0.236 e. The topological polar surface area (TPSA) is 75.0 Å². The summed E-state index contributed by atoms with van der Waals surface area (Å²) < 4.78 is 0. The second-order valence-corrected chi connectivity index (χ2v) is 5.47. The predicted octanol–water partition coefficient (Wildman–Crippen LogP) is 2.21. The number of nitrogens with zero attached hydrogens (tertiary/aromatic N) is 2. The van der Waals surface area contributed by atoms with Crippen molar-refractivity contribution >= 4 is 5.91 Å². The van der Waals surface area contributed by atoms with Gasteiger partial charge in [-0.15, -0.1) is 0 Å². The summed E-state index contributed by atoms with van der Waals surface area (Å²) in [6.45, 7) is 0.862. The molecule has 0 spiro atoms. The fourth-order valence-corrected chi connectivity index (χ4v) is 2.37. The average Bonchev–Trinajstić information content (AvgIpc) is 3.03. The van der Waals surface area contributed by atoms with Gasteiger partial charge in [-0.3, -0.25) is 9.89 Å². The lowest BCUT2D eigenvalue weighted by Gasteiger charge is -2.15. The van der Waals surface area contributed by atoms with Crippen LogP contribution in [0.5, 0.6) is 0 Å². The monoisotopic (exact) mass is 300 g/mol. The van der Waals surface area contributed by atoms with Crippen LogP contribution < -0.4 is 5.73 Å². The first-order valence-electron chi connectivity index (χ1n) is 7.74. The third kappa shape index (κ3) is 4.70. The van der Waals surface area contributed by atoms with E-state index in [1.165, 1.54) is 0 Å². The minimum Gasteiger partial charge on any atom is -0.345 e. The molecule has 0 aliphatic heterocycles. The number of nitrogens with one attached hydrogen (secondary N) is 1. The van der Waals surface area contributed by atoms with E-state index in [2.05, 4.69) is 28.4 Å². The number of hydrogen-bond acceptors (Lipinski definition) is 3. The zero-order valence-corrected chi connectivity index (χ0v) is 13.1. The third-order valence-corrected chi connectivity index (χ3v) is 3.74. The molecule has 3 N–H and O–H groups in total. The summed E-state index contributed by atoms with van der Waals surface area (Å²) in [5, 5.41) is 7.46. The summed E-state index contributed by atoms with van der Waals surface area (Å²) in [5.74, 6) is 0.000992. The molecule has 0 radical (unpaired) electrons. The number of amides is 1. The molecule has 118 valence electrons. The van der Waals surface area contributed by atoms with Crippen LogP contribution in [0, 0.1) is 0 Å². The van der Waals surface area contributed by atoms with E-state index in [4.69, 9.17) is 5.73 Å². The highest BCUT2D eigenvalue weighted by atomic mass is 16.2. The third-order valence-electron chi connectivity index (χ3n) is 3.74. The number of hydrogen-bond donors (Lipinski definition) is 2. The molecule has 0 unspecified atom stereocenters. The van der Waals surface area contributed by atoms with Gasteiger partial charge >= 0.3 is 0 Å². The van der Waals surface area contributed by atoms with Gasteiger partial charge in [0.25, 0.3) is 0 Å². The number of carbonyl (C=O) groups is 1. The standard InChI is InChI=1S/C17H24N4O/c1-21(17(22)13-18)11-7-3-6-10-15-12-16(20-19-15)14-8-4-2-5-9-14/h2,4-5,8-9,12H,3,6-7,10-11,13,18H2,1H3,(H,19,20). The van der Waals surface area contributed by atoms with E-state index in [1.54, 1.807) is 11.9 Å². The molecule has 0 atom stereocenters. The second kappa shape index (κ2) is 8.34. The van der Waals surface area contributed by atoms with Gasteiger partial charge < -0.3 is 10.6 Å². The lowest BCUT2D eigenvalue weighted by atomic mass is 10.1. The van der Waals surface area contributed by atoms with Gasteiger partial charge in [-0.05, 0) is 25.3 Å². The minimum atomic E-state index is 0.000992. The van der Waals surface area contributed by atoms with E-state index in [0.29, 0.717) is 0 Å². The molecule has 2 rings (SSSR count). The van der Waals surface area contributed by atoms with E-state index in [9.17, 15) is 4.79 Å².